The number of oxazole rings is 1. The van der Waals surface area contributed by atoms with E-state index in [2.05, 4.69) is 15.3 Å². The van der Waals surface area contributed by atoms with Crippen molar-refractivity contribution in [1.82, 2.24) is 9.97 Å². The van der Waals surface area contributed by atoms with E-state index in [1.54, 1.807) is 13.0 Å². The summed E-state index contributed by atoms with van der Waals surface area (Å²) in [6.07, 6.45) is 1.24. The molecule has 3 aromatic rings. The van der Waals surface area contributed by atoms with Crippen molar-refractivity contribution in [3.8, 4) is 0 Å². The highest BCUT2D eigenvalue weighted by atomic mass is 35.5. The van der Waals surface area contributed by atoms with Gasteiger partial charge in [0.05, 0.1) is 15.9 Å². The maximum absolute atomic E-state index is 11.9. The lowest BCUT2D eigenvalue weighted by atomic mass is 10.3. The number of nitrogens with one attached hydrogen (secondary N) is 1. The van der Waals surface area contributed by atoms with Crippen LogP contribution in [0.5, 0.6) is 0 Å². The molecule has 7 heteroatoms. The largest absolute Gasteiger partial charge is 0.438 e. The van der Waals surface area contributed by atoms with Crippen molar-refractivity contribution in [3.63, 3.8) is 0 Å². The molecule has 0 radical (unpaired) electrons. The van der Waals surface area contributed by atoms with Gasteiger partial charge in [0.15, 0.2) is 11.5 Å². The number of carbonyl (C=O) groups excluding carboxylic acids is 1. The molecule has 0 bridgehead atoms. The number of halogens is 1. The Kier molecular flexibility index (Phi) is 2.96. The van der Waals surface area contributed by atoms with Crippen molar-refractivity contribution in [2.75, 3.05) is 5.32 Å². The summed E-state index contributed by atoms with van der Waals surface area (Å²) in [6, 6.07) is 5.38. The van der Waals surface area contributed by atoms with Crippen LogP contribution in [0.1, 0.15) is 16.2 Å². The zero-order chi connectivity index (χ0) is 13.4. The van der Waals surface area contributed by atoms with Gasteiger partial charge in [-0.3, -0.25) is 10.1 Å². The van der Waals surface area contributed by atoms with E-state index in [9.17, 15) is 4.79 Å². The Labute approximate surface area is 117 Å². The van der Waals surface area contributed by atoms with Gasteiger partial charge in [-0.2, -0.15) is 0 Å². The topological polar surface area (TPSA) is 68.0 Å². The first-order chi connectivity index (χ1) is 9.13. The Hall–Kier alpha value is -1.92. The molecule has 2 aromatic heterocycles. The number of aromatic nitrogens is 2. The number of benzene rings is 1. The van der Waals surface area contributed by atoms with Gasteiger partial charge in [-0.25, -0.2) is 9.97 Å². The van der Waals surface area contributed by atoms with E-state index in [1.807, 2.05) is 12.1 Å². The summed E-state index contributed by atoms with van der Waals surface area (Å²) in [7, 11) is 0. The Morgan fingerprint density at radius 2 is 2.32 bits per heavy atom. The SMILES string of the molecule is Cc1ncoc1C(=O)Nc1nc2ccc(Cl)cc2s1. The van der Waals surface area contributed by atoms with Crippen LogP contribution in [0.25, 0.3) is 10.2 Å². The van der Waals surface area contributed by atoms with E-state index in [-0.39, 0.29) is 11.7 Å². The minimum Gasteiger partial charge on any atom is -0.438 e. The highest BCUT2D eigenvalue weighted by Crippen LogP contribution is 2.28. The van der Waals surface area contributed by atoms with Gasteiger partial charge < -0.3 is 4.42 Å². The molecule has 0 unspecified atom stereocenters. The maximum atomic E-state index is 11.9. The molecule has 0 aliphatic heterocycles. The molecular weight excluding hydrogens is 286 g/mol. The second-order valence-corrected chi connectivity index (χ2v) is 5.32. The first-order valence-corrected chi connectivity index (χ1v) is 6.60. The third-order valence-corrected chi connectivity index (χ3v) is 3.69. The monoisotopic (exact) mass is 293 g/mol. The minimum atomic E-state index is -0.361. The van der Waals surface area contributed by atoms with Crippen molar-refractivity contribution in [3.05, 3.63) is 41.1 Å². The zero-order valence-corrected chi connectivity index (χ0v) is 11.4. The minimum absolute atomic E-state index is 0.192. The molecule has 0 saturated heterocycles. The average molecular weight is 294 g/mol. The summed E-state index contributed by atoms with van der Waals surface area (Å²) in [5, 5.41) is 3.82. The summed E-state index contributed by atoms with van der Waals surface area (Å²) < 4.78 is 5.94. The lowest BCUT2D eigenvalue weighted by molar-refractivity contribution is 0.0996. The Bertz CT molecular complexity index is 765. The molecule has 96 valence electrons. The fraction of sp³-hybridized carbons (Fsp3) is 0.0833. The van der Waals surface area contributed by atoms with Crippen molar-refractivity contribution in [1.29, 1.82) is 0 Å². The highest BCUT2D eigenvalue weighted by molar-refractivity contribution is 7.22. The number of hydrogen-bond donors (Lipinski definition) is 1. The molecule has 5 nitrogen and oxygen atoms in total. The summed E-state index contributed by atoms with van der Waals surface area (Å²) in [4.78, 5) is 20.1. The number of hydrogen-bond acceptors (Lipinski definition) is 5. The lowest BCUT2D eigenvalue weighted by Gasteiger charge is -1.97. The van der Waals surface area contributed by atoms with Crippen LogP contribution in [0.2, 0.25) is 5.02 Å². The third-order valence-electron chi connectivity index (χ3n) is 2.52. The summed E-state index contributed by atoms with van der Waals surface area (Å²) in [6.45, 7) is 1.70. The molecule has 0 saturated carbocycles. The van der Waals surface area contributed by atoms with Crippen molar-refractivity contribution >= 4 is 44.2 Å². The second kappa shape index (κ2) is 4.64. The molecule has 1 amide bonds. The van der Waals surface area contributed by atoms with Crippen molar-refractivity contribution in [2.24, 2.45) is 0 Å². The van der Waals surface area contributed by atoms with E-state index >= 15 is 0 Å². The van der Waals surface area contributed by atoms with E-state index in [0.717, 1.165) is 10.2 Å². The fourth-order valence-electron chi connectivity index (χ4n) is 1.63. The summed E-state index contributed by atoms with van der Waals surface area (Å²) in [5.41, 5.74) is 1.33. The molecule has 0 atom stereocenters. The standard InChI is InChI=1S/C12H8ClN3O2S/c1-6-10(18-5-14-6)11(17)16-12-15-8-3-2-7(13)4-9(8)19-12/h2-5H,1H3,(H,15,16,17). The summed E-state index contributed by atoms with van der Waals surface area (Å²) >= 11 is 7.26. The molecule has 0 aliphatic rings. The van der Waals surface area contributed by atoms with E-state index in [0.29, 0.717) is 15.8 Å². The molecule has 0 fully saturated rings. The number of rotatable bonds is 2. The van der Waals surface area contributed by atoms with Gasteiger partial charge in [-0.15, -0.1) is 0 Å². The third kappa shape index (κ3) is 2.32. The van der Waals surface area contributed by atoms with Crippen LogP contribution in [0.15, 0.2) is 29.0 Å². The van der Waals surface area contributed by atoms with Gasteiger partial charge >= 0.3 is 0 Å². The molecule has 19 heavy (non-hydrogen) atoms. The Morgan fingerprint density at radius 3 is 3.05 bits per heavy atom. The van der Waals surface area contributed by atoms with Crippen LogP contribution in [-0.4, -0.2) is 15.9 Å². The number of fused-ring (bicyclic) bond motifs is 1. The molecular formula is C12H8ClN3O2S. The molecule has 1 aromatic carbocycles. The Balaban J connectivity index is 1.89. The van der Waals surface area contributed by atoms with Crippen LogP contribution in [0, 0.1) is 6.92 Å². The van der Waals surface area contributed by atoms with E-state index < -0.39 is 0 Å². The van der Waals surface area contributed by atoms with Gasteiger partial charge in [0.25, 0.3) is 5.91 Å². The maximum Gasteiger partial charge on any atom is 0.295 e. The zero-order valence-electron chi connectivity index (χ0n) is 9.81. The van der Waals surface area contributed by atoms with Gasteiger partial charge in [0, 0.05) is 5.02 Å². The van der Waals surface area contributed by atoms with Gasteiger partial charge in [0.2, 0.25) is 5.76 Å². The van der Waals surface area contributed by atoms with Crippen molar-refractivity contribution < 1.29 is 9.21 Å². The number of thiazole rings is 1. The first-order valence-electron chi connectivity index (χ1n) is 5.41. The van der Waals surface area contributed by atoms with Gasteiger partial charge in [0.1, 0.15) is 0 Å². The Morgan fingerprint density at radius 1 is 1.47 bits per heavy atom. The number of anilines is 1. The van der Waals surface area contributed by atoms with Crippen molar-refractivity contribution in [2.45, 2.75) is 6.92 Å². The predicted molar refractivity (Wildman–Crippen MR) is 73.8 cm³/mol. The number of amides is 1. The van der Waals surface area contributed by atoms with Crippen LogP contribution in [-0.2, 0) is 0 Å². The highest BCUT2D eigenvalue weighted by Gasteiger charge is 2.15. The van der Waals surface area contributed by atoms with Gasteiger partial charge in [-0.05, 0) is 25.1 Å². The second-order valence-electron chi connectivity index (χ2n) is 3.85. The molecule has 0 spiro atoms. The predicted octanol–water partition coefficient (Wildman–Crippen LogP) is 3.50. The fourth-order valence-corrected chi connectivity index (χ4v) is 2.76. The molecule has 1 N–H and O–H groups in total. The lowest BCUT2D eigenvalue weighted by Crippen LogP contribution is -2.11. The molecule has 3 rings (SSSR count). The smallest absolute Gasteiger partial charge is 0.295 e. The van der Waals surface area contributed by atoms with E-state index in [4.69, 9.17) is 16.0 Å². The number of carbonyl (C=O) groups is 1. The average Bonchev–Trinajstić information content (AvgIpc) is 2.94. The van der Waals surface area contributed by atoms with Crippen LogP contribution < -0.4 is 5.32 Å². The van der Waals surface area contributed by atoms with Crippen LogP contribution in [0.4, 0.5) is 5.13 Å². The quantitative estimate of drug-likeness (QED) is 0.785. The van der Waals surface area contributed by atoms with E-state index in [1.165, 1.54) is 17.7 Å². The molecule has 0 aliphatic carbocycles. The first kappa shape index (κ1) is 12.1. The van der Waals surface area contributed by atoms with Crippen LogP contribution in [0.3, 0.4) is 0 Å². The van der Waals surface area contributed by atoms with Gasteiger partial charge in [-0.1, -0.05) is 22.9 Å². The van der Waals surface area contributed by atoms with Crippen LogP contribution >= 0.6 is 22.9 Å². The normalized spacial score (nSPS) is 10.8. The number of aryl methyl sites for hydroxylation is 1. The summed E-state index contributed by atoms with van der Waals surface area (Å²) in [5.74, 6) is -0.169. The molecule has 2 heterocycles. The number of nitrogens with zero attached hydrogens (tertiary/aromatic N) is 2.